The first-order valence-electron chi connectivity index (χ1n) is 4.39. The molecule has 5 nitrogen and oxygen atoms in total. The Bertz CT molecular complexity index is 362. The molecule has 0 saturated heterocycles. The Labute approximate surface area is 87.3 Å². The average molecular weight is 211 g/mol. The summed E-state index contributed by atoms with van der Waals surface area (Å²) >= 11 is 0. The molecule has 0 spiro atoms. The maximum atomic E-state index is 10.7. The molecule has 1 aromatic rings. The fourth-order valence-corrected chi connectivity index (χ4v) is 1.15. The van der Waals surface area contributed by atoms with Crippen molar-refractivity contribution in [3.63, 3.8) is 0 Å². The number of hydrogen-bond donors (Lipinski definition) is 2. The van der Waals surface area contributed by atoms with Crippen molar-refractivity contribution in [1.82, 2.24) is 4.98 Å². The molecule has 0 radical (unpaired) electrons. The Balaban J connectivity index is 2.85. The summed E-state index contributed by atoms with van der Waals surface area (Å²) in [5.41, 5.74) is -1.17. The maximum absolute atomic E-state index is 10.7. The highest BCUT2D eigenvalue weighted by Crippen LogP contribution is 2.16. The van der Waals surface area contributed by atoms with Gasteiger partial charge >= 0.3 is 5.97 Å². The Morgan fingerprint density at radius 1 is 1.60 bits per heavy atom. The zero-order valence-corrected chi connectivity index (χ0v) is 8.60. The van der Waals surface area contributed by atoms with Crippen LogP contribution in [-0.2, 0) is 11.2 Å². The van der Waals surface area contributed by atoms with Gasteiger partial charge in [-0.15, -0.1) is 0 Å². The first-order valence-corrected chi connectivity index (χ1v) is 4.39. The van der Waals surface area contributed by atoms with E-state index in [1.807, 2.05) is 0 Å². The lowest BCUT2D eigenvalue weighted by Crippen LogP contribution is -2.37. The number of carboxylic acids is 1. The molecular formula is C10H13NO4. The van der Waals surface area contributed by atoms with Crippen molar-refractivity contribution < 1.29 is 19.7 Å². The number of aliphatic carboxylic acids is 1. The van der Waals surface area contributed by atoms with Crippen molar-refractivity contribution in [2.24, 2.45) is 0 Å². The van der Waals surface area contributed by atoms with Gasteiger partial charge < -0.3 is 14.9 Å². The van der Waals surface area contributed by atoms with Crippen LogP contribution in [0.5, 0.6) is 5.75 Å². The van der Waals surface area contributed by atoms with E-state index in [1.54, 1.807) is 6.07 Å². The number of aliphatic hydroxyl groups is 1. The van der Waals surface area contributed by atoms with Crippen molar-refractivity contribution in [1.29, 1.82) is 0 Å². The number of ether oxygens (including phenoxy) is 1. The molecule has 1 aromatic heterocycles. The number of pyridine rings is 1. The highest BCUT2D eigenvalue weighted by molar-refractivity contribution is 5.76. The second-order valence-electron chi connectivity index (χ2n) is 3.49. The molecule has 1 unspecified atom stereocenters. The van der Waals surface area contributed by atoms with Crippen LogP contribution >= 0.6 is 0 Å². The molecule has 0 aliphatic rings. The number of carbonyl (C=O) groups is 1. The smallest absolute Gasteiger partial charge is 0.335 e. The maximum Gasteiger partial charge on any atom is 0.335 e. The lowest BCUT2D eigenvalue weighted by molar-refractivity contribution is -0.156. The summed E-state index contributed by atoms with van der Waals surface area (Å²) in [5, 5.41) is 18.3. The van der Waals surface area contributed by atoms with E-state index in [0.717, 1.165) is 0 Å². The highest BCUT2D eigenvalue weighted by atomic mass is 16.5. The van der Waals surface area contributed by atoms with Gasteiger partial charge in [-0.25, -0.2) is 4.79 Å². The van der Waals surface area contributed by atoms with Crippen LogP contribution in [0, 0.1) is 0 Å². The number of aromatic nitrogens is 1. The van der Waals surface area contributed by atoms with Crippen LogP contribution in [0.4, 0.5) is 0 Å². The number of hydrogen-bond acceptors (Lipinski definition) is 4. The van der Waals surface area contributed by atoms with Gasteiger partial charge in [0.05, 0.1) is 13.3 Å². The van der Waals surface area contributed by atoms with Crippen LogP contribution in [0.15, 0.2) is 18.5 Å². The highest BCUT2D eigenvalue weighted by Gasteiger charge is 2.30. The van der Waals surface area contributed by atoms with Crippen molar-refractivity contribution in [2.45, 2.75) is 18.9 Å². The van der Waals surface area contributed by atoms with Gasteiger partial charge in [0.25, 0.3) is 0 Å². The monoisotopic (exact) mass is 211 g/mol. The number of carboxylic acid groups (broad SMARTS) is 1. The molecule has 0 amide bonds. The van der Waals surface area contributed by atoms with Gasteiger partial charge in [-0.2, -0.15) is 0 Å². The van der Waals surface area contributed by atoms with Gasteiger partial charge in [0, 0.05) is 12.6 Å². The first-order chi connectivity index (χ1) is 6.95. The Morgan fingerprint density at radius 2 is 2.27 bits per heavy atom. The number of nitrogens with zero attached hydrogens (tertiary/aromatic N) is 1. The molecule has 0 saturated carbocycles. The van der Waals surface area contributed by atoms with Crippen molar-refractivity contribution in [3.8, 4) is 5.75 Å². The minimum Gasteiger partial charge on any atom is -0.495 e. The lowest BCUT2D eigenvalue weighted by atomic mass is 9.98. The number of rotatable bonds is 4. The zero-order valence-electron chi connectivity index (χ0n) is 8.60. The normalized spacial score (nSPS) is 14.3. The van der Waals surface area contributed by atoms with E-state index in [-0.39, 0.29) is 6.42 Å². The van der Waals surface area contributed by atoms with Gasteiger partial charge in [0.15, 0.2) is 5.60 Å². The Hall–Kier alpha value is -1.62. The van der Waals surface area contributed by atoms with E-state index in [2.05, 4.69) is 4.98 Å². The van der Waals surface area contributed by atoms with E-state index >= 15 is 0 Å². The summed E-state index contributed by atoms with van der Waals surface area (Å²) in [6, 6.07) is 1.64. The fourth-order valence-electron chi connectivity index (χ4n) is 1.15. The summed E-state index contributed by atoms with van der Waals surface area (Å²) in [4.78, 5) is 14.5. The third kappa shape index (κ3) is 2.92. The summed E-state index contributed by atoms with van der Waals surface area (Å²) in [6.07, 6.45) is 3.01. The van der Waals surface area contributed by atoms with Gasteiger partial charge in [-0.3, -0.25) is 4.98 Å². The largest absolute Gasteiger partial charge is 0.495 e. The number of methoxy groups -OCH3 is 1. The Morgan fingerprint density at radius 3 is 2.80 bits per heavy atom. The van der Waals surface area contributed by atoms with Gasteiger partial charge in [-0.1, -0.05) is 0 Å². The second kappa shape index (κ2) is 4.27. The molecule has 0 aromatic carbocycles. The molecule has 0 aliphatic carbocycles. The van der Waals surface area contributed by atoms with Crippen LogP contribution in [-0.4, -0.2) is 33.9 Å². The minimum atomic E-state index is -1.78. The summed E-state index contributed by atoms with van der Waals surface area (Å²) < 4.78 is 4.94. The van der Waals surface area contributed by atoms with Gasteiger partial charge in [-0.05, 0) is 18.6 Å². The van der Waals surface area contributed by atoms with Crippen LogP contribution < -0.4 is 4.74 Å². The van der Waals surface area contributed by atoms with Crippen molar-refractivity contribution in [3.05, 3.63) is 24.0 Å². The third-order valence-corrected chi connectivity index (χ3v) is 2.01. The van der Waals surface area contributed by atoms with E-state index in [9.17, 15) is 9.90 Å². The minimum absolute atomic E-state index is 0.00741. The Kier molecular flexibility index (Phi) is 3.26. The van der Waals surface area contributed by atoms with Crippen LogP contribution in [0.25, 0.3) is 0 Å². The topological polar surface area (TPSA) is 79.7 Å². The second-order valence-corrected chi connectivity index (χ2v) is 3.49. The third-order valence-electron chi connectivity index (χ3n) is 2.01. The predicted molar refractivity (Wildman–Crippen MR) is 52.8 cm³/mol. The zero-order chi connectivity index (χ0) is 11.5. The van der Waals surface area contributed by atoms with Crippen LogP contribution in [0.2, 0.25) is 0 Å². The molecule has 0 aliphatic heterocycles. The lowest BCUT2D eigenvalue weighted by Gasteiger charge is -2.17. The predicted octanol–water partition coefficient (Wildman–Crippen LogP) is 0.468. The summed E-state index contributed by atoms with van der Waals surface area (Å²) in [6.45, 7) is 1.24. The van der Waals surface area contributed by atoms with Gasteiger partial charge in [0.2, 0.25) is 0 Å². The molecule has 15 heavy (non-hydrogen) atoms. The quantitative estimate of drug-likeness (QED) is 0.756. The molecule has 0 bridgehead atoms. The standard InChI is InChI=1S/C10H13NO4/c1-10(14,9(12)13)4-7-3-8(15-2)6-11-5-7/h3,5-6,14H,4H2,1-2H3,(H,12,13). The molecule has 1 atom stereocenters. The molecule has 0 fully saturated rings. The summed E-state index contributed by atoms with van der Waals surface area (Å²) in [7, 11) is 1.50. The molecule has 1 heterocycles. The molecule has 5 heteroatoms. The fraction of sp³-hybridized carbons (Fsp3) is 0.400. The SMILES string of the molecule is COc1cncc(CC(C)(O)C(=O)O)c1. The van der Waals surface area contributed by atoms with E-state index < -0.39 is 11.6 Å². The molecule has 82 valence electrons. The van der Waals surface area contributed by atoms with Crippen LogP contribution in [0.3, 0.4) is 0 Å². The molecular weight excluding hydrogens is 198 g/mol. The van der Waals surface area contributed by atoms with E-state index in [4.69, 9.17) is 9.84 Å². The summed E-state index contributed by atoms with van der Waals surface area (Å²) in [5.74, 6) is -0.723. The average Bonchev–Trinajstić information content (AvgIpc) is 2.17. The van der Waals surface area contributed by atoms with E-state index in [1.165, 1.54) is 26.4 Å². The molecule has 2 N–H and O–H groups in total. The van der Waals surface area contributed by atoms with Crippen molar-refractivity contribution >= 4 is 5.97 Å². The van der Waals surface area contributed by atoms with E-state index in [0.29, 0.717) is 11.3 Å². The first kappa shape index (κ1) is 11.5. The van der Waals surface area contributed by atoms with Gasteiger partial charge in [0.1, 0.15) is 5.75 Å². The van der Waals surface area contributed by atoms with Crippen LogP contribution in [0.1, 0.15) is 12.5 Å². The molecule has 1 rings (SSSR count). The van der Waals surface area contributed by atoms with Crippen molar-refractivity contribution in [2.75, 3.05) is 7.11 Å².